The van der Waals surface area contributed by atoms with Crippen LogP contribution in [0.5, 0.6) is 5.75 Å². The molecule has 148 valence electrons. The van der Waals surface area contributed by atoms with Gasteiger partial charge in [0.25, 0.3) is 0 Å². The molecule has 8 heteroatoms. The van der Waals surface area contributed by atoms with Gasteiger partial charge in [0, 0.05) is 17.6 Å². The summed E-state index contributed by atoms with van der Waals surface area (Å²) in [6.07, 6.45) is 2.96. The van der Waals surface area contributed by atoms with Crippen molar-refractivity contribution in [3.63, 3.8) is 0 Å². The van der Waals surface area contributed by atoms with Crippen molar-refractivity contribution in [2.75, 3.05) is 22.8 Å². The number of para-hydroxylation sites is 1. The van der Waals surface area contributed by atoms with Gasteiger partial charge in [-0.25, -0.2) is 13.2 Å². The molecule has 1 heterocycles. The summed E-state index contributed by atoms with van der Waals surface area (Å²) in [5.74, 6) is 0.133. The van der Waals surface area contributed by atoms with E-state index in [-0.39, 0.29) is 5.56 Å². The van der Waals surface area contributed by atoms with Crippen LogP contribution in [0.15, 0.2) is 52.9 Å². The minimum absolute atomic E-state index is 0.229. The lowest BCUT2D eigenvalue weighted by Crippen LogP contribution is -2.12. The summed E-state index contributed by atoms with van der Waals surface area (Å²) in [4.78, 5) is 12.9. The fourth-order valence-corrected chi connectivity index (χ4v) is 3.28. The monoisotopic (exact) mass is 402 g/mol. The van der Waals surface area contributed by atoms with Crippen molar-refractivity contribution < 1.29 is 22.4 Å². The van der Waals surface area contributed by atoms with Crippen LogP contribution in [-0.2, 0) is 10.0 Å². The molecule has 0 saturated heterocycles. The molecule has 0 fully saturated rings. The van der Waals surface area contributed by atoms with Crippen molar-refractivity contribution in [1.29, 1.82) is 0 Å². The Bertz CT molecular complexity index is 1070. The Labute approximate surface area is 163 Å². The number of carbonyl (C=O) groups excluding carboxylic acids is 1. The molecule has 0 aliphatic carbocycles. The highest BCUT2D eigenvalue weighted by Crippen LogP contribution is 2.33. The molecule has 2 N–H and O–H groups in total. The van der Waals surface area contributed by atoms with Crippen LogP contribution in [0.2, 0.25) is 0 Å². The highest BCUT2D eigenvalue weighted by molar-refractivity contribution is 7.92. The predicted molar refractivity (Wildman–Crippen MR) is 109 cm³/mol. The number of ether oxygens (including phenoxy) is 1. The van der Waals surface area contributed by atoms with Gasteiger partial charge < -0.3 is 14.5 Å². The summed E-state index contributed by atoms with van der Waals surface area (Å²) in [5, 5.41) is 3.60. The van der Waals surface area contributed by atoms with Gasteiger partial charge in [0.15, 0.2) is 0 Å². The van der Waals surface area contributed by atoms with Crippen LogP contribution in [0, 0.1) is 0 Å². The Balaban J connectivity index is 2.02. The SMILES string of the molecule is CCCCNc1oc2ccc(NS(C)(=O)=O)cc2c1C(=O)Oc1ccccc1. The van der Waals surface area contributed by atoms with Gasteiger partial charge in [-0.2, -0.15) is 0 Å². The quantitative estimate of drug-likeness (QED) is 0.332. The molecule has 0 saturated carbocycles. The van der Waals surface area contributed by atoms with Gasteiger partial charge in [0.1, 0.15) is 16.9 Å². The van der Waals surface area contributed by atoms with Gasteiger partial charge in [-0.05, 0) is 36.8 Å². The van der Waals surface area contributed by atoms with Crippen LogP contribution in [0.25, 0.3) is 11.0 Å². The number of hydrogen-bond donors (Lipinski definition) is 2. The third-order valence-electron chi connectivity index (χ3n) is 3.96. The summed E-state index contributed by atoms with van der Waals surface area (Å²) in [7, 11) is -3.45. The molecule has 0 aliphatic heterocycles. The first-order chi connectivity index (χ1) is 13.4. The maximum absolute atomic E-state index is 12.9. The number of esters is 1. The van der Waals surface area contributed by atoms with E-state index in [9.17, 15) is 13.2 Å². The van der Waals surface area contributed by atoms with Crippen LogP contribution in [0.4, 0.5) is 11.6 Å². The molecule has 0 aliphatic rings. The van der Waals surface area contributed by atoms with E-state index in [4.69, 9.17) is 9.15 Å². The second-order valence-electron chi connectivity index (χ2n) is 6.37. The largest absolute Gasteiger partial charge is 0.440 e. The molecule has 7 nitrogen and oxygen atoms in total. The zero-order valence-corrected chi connectivity index (χ0v) is 16.5. The van der Waals surface area contributed by atoms with E-state index in [2.05, 4.69) is 17.0 Å². The van der Waals surface area contributed by atoms with E-state index in [0.29, 0.717) is 34.8 Å². The third-order valence-corrected chi connectivity index (χ3v) is 4.57. The molecular weight excluding hydrogens is 380 g/mol. The lowest BCUT2D eigenvalue weighted by Gasteiger charge is -2.07. The van der Waals surface area contributed by atoms with Crippen LogP contribution >= 0.6 is 0 Å². The van der Waals surface area contributed by atoms with Crippen molar-refractivity contribution in [1.82, 2.24) is 0 Å². The smallest absolute Gasteiger partial charge is 0.349 e. The van der Waals surface area contributed by atoms with E-state index in [1.54, 1.807) is 42.5 Å². The van der Waals surface area contributed by atoms with E-state index in [1.165, 1.54) is 0 Å². The van der Waals surface area contributed by atoms with E-state index >= 15 is 0 Å². The van der Waals surface area contributed by atoms with E-state index in [0.717, 1.165) is 19.1 Å². The molecule has 3 rings (SSSR count). The Morgan fingerprint density at radius 1 is 1.14 bits per heavy atom. The number of anilines is 2. The summed E-state index contributed by atoms with van der Waals surface area (Å²) in [6.45, 7) is 2.70. The maximum atomic E-state index is 12.9. The molecule has 0 amide bonds. The summed E-state index contributed by atoms with van der Waals surface area (Å²) in [6, 6.07) is 13.5. The molecule has 0 bridgehead atoms. The van der Waals surface area contributed by atoms with Gasteiger partial charge >= 0.3 is 5.97 Å². The molecule has 2 aromatic carbocycles. The van der Waals surface area contributed by atoms with Crippen molar-refractivity contribution >= 4 is 38.5 Å². The van der Waals surface area contributed by atoms with Crippen LogP contribution in [0.3, 0.4) is 0 Å². The highest BCUT2D eigenvalue weighted by atomic mass is 32.2. The average molecular weight is 402 g/mol. The first-order valence-corrected chi connectivity index (χ1v) is 10.8. The molecular formula is C20H22N2O5S. The van der Waals surface area contributed by atoms with Crippen LogP contribution < -0.4 is 14.8 Å². The highest BCUT2D eigenvalue weighted by Gasteiger charge is 2.23. The standard InChI is InChI=1S/C20H22N2O5S/c1-3-4-12-21-19-18(20(23)26-15-8-6-5-7-9-15)16-13-14(22-28(2,24)25)10-11-17(16)27-19/h5-11,13,21-22H,3-4,12H2,1-2H3. The number of carbonyl (C=O) groups is 1. The fourth-order valence-electron chi connectivity index (χ4n) is 2.73. The Morgan fingerprint density at radius 2 is 1.89 bits per heavy atom. The molecule has 0 unspecified atom stereocenters. The van der Waals surface area contributed by atoms with Gasteiger partial charge in [-0.3, -0.25) is 4.72 Å². The molecule has 0 atom stereocenters. The Hall–Kier alpha value is -3.00. The predicted octanol–water partition coefficient (Wildman–Crippen LogP) is 4.24. The minimum atomic E-state index is -3.45. The van der Waals surface area contributed by atoms with Gasteiger partial charge in [-0.1, -0.05) is 31.5 Å². The number of rotatable bonds is 8. The second kappa shape index (κ2) is 8.35. The number of nitrogens with one attached hydrogen (secondary N) is 2. The Kier molecular flexibility index (Phi) is 5.89. The van der Waals surface area contributed by atoms with Crippen LogP contribution in [0.1, 0.15) is 30.1 Å². The molecule has 0 spiro atoms. The van der Waals surface area contributed by atoms with Crippen molar-refractivity contribution in [3.8, 4) is 5.75 Å². The number of benzene rings is 2. The van der Waals surface area contributed by atoms with E-state index in [1.807, 2.05) is 6.07 Å². The fraction of sp³-hybridized carbons (Fsp3) is 0.250. The number of fused-ring (bicyclic) bond motifs is 1. The third kappa shape index (κ3) is 4.83. The van der Waals surface area contributed by atoms with Crippen LogP contribution in [-0.4, -0.2) is 27.2 Å². The van der Waals surface area contributed by atoms with Crippen molar-refractivity contribution in [3.05, 3.63) is 54.1 Å². The normalized spacial score (nSPS) is 11.4. The lowest BCUT2D eigenvalue weighted by atomic mass is 10.1. The first kappa shape index (κ1) is 19.8. The van der Waals surface area contributed by atoms with E-state index < -0.39 is 16.0 Å². The second-order valence-corrected chi connectivity index (χ2v) is 8.12. The molecule has 3 aromatic rings. The average Bonchev–Trinajstić information content (AvgIpc) is 2.99. The first-order valence-electron chi connectivity index (χ1n) is 8.93. The van der Waals surface area contributed by atoms with Crippen molar-refractivity contribution in [2.24, 2.45) is 0 Å². The Morgan fingerprint density at radius 3 is 2.57 bits per heavy atom. The summed E-state index contributed by atoms with van der Waals surface area (Å²) >= 11 is 0. The van der Waals surface area contributed by atoms with Gasteiger partial charge in [-0.15, -0.1) is 0 Å². The number of hydrogen-bond acceptors (Lipinski definition) is 6. The summed E-state index contributed by atoms with van der Waals surface area (Å²) in [5.41, 5.74) is 1.02. The van der Waals surface area contributed by atoms with Crippen molar-refractivity contribution in [2.45, 2.75) is 19.8 Å². The maximum Gasteiger partial charge on any atom is 0.349 e. The minimum Gasteiger partial charge on any atom is -0.440 e. The van der Waals surface area contributed by atoms with Gasteiger partial charge in [0.05, 0.1) is 6.26 Å². The van der Waals surface area contributed by atoms with Gasteiger partial charge in [0.2, 0.25) is 15.9 Å². The topological polar surface area (TPSA) is 97.6 Å². The number of furan rings is 1. The molecule has 0 radical (unpaired) electrons. The molecule has 28 heavy (non-hydrogen) atoms. The summed E-state index contributed by atoms with van der Waals surface area (Å²) < 4.78 is 36.8. The molecule has 1 aromatic heterocycles. The zero-order chi connectivity index (χ0) is 20.1. The lowest BCUT2D eigenvalue weighted by molar-refractivity contribution is 0.0737. The zero-order valence-electron chi connectivity index (χ0n) is 15.7. The number of unbranched alkanes of at least 4 members (excludes halogenated alkanes) is 1. The number of sulfonamides is 1.